The summed E-state index contributed by atoms with van der Waals surface area (Å²) in [7, 11) is 0. The largest absolute Gasteiger partial charge is 0.512 e. The van der Waals surface area contributed by atoms with Crippen LogP contribution in [0.3, 0.4) is 0 Å². The molecule has 0 aromatic rings. The van der Waals surface area contributed by atoms with Crippen molar-refractivity contribution in [2.45, 2.75) is 6.42 Å². The van der Waals surface area contributed by atoms with Crippen LogP contribution in [-0.4, -0.2) is 10.0 Å². The molecule has 1 N–H and O–H groups in total. The molecule has 0 fully saturated rings. The fraction of sp³-hybridized carbons (Fsp3) is 0.143. The first-order valence-corrected chi connectivity index (χ1v) is 3.11. The smallest absolute Gasteiger partial charge is 0.265 e. The maximum absolute atomic E-state index is 10.2. The molecule has 0 spiro atoms. The van der Waals surface area contributed by atoms with Gasteiger partial charge in [0.05, 0.1) is 10.7 Å². The molecule has 0 atom stereocenters. The van der Waals surface area contributed by atoms with Crippen LogP contribution in [0.4, 0.5) is 0 Å². The summed E-state index contributed by atoms with van der Waals surface area (Å²) in [5.41, 5.74) is 0.0188. The Kier molecular flexibility index (Phi) is 2.06. The molecule has 0 radical (unpaired) electrons. The minimum atomic E-state index is -0.483. The topological polar surface area (TPSA) is 63.4 Å². The third kappa shape index (κ3) is 1.93. The molecule has 0 saturated carbocycles. The van der Waals surface area contributed by atoms with Crippen LogP contribution in [0.5, 0.6) is 0 Å². The molecule has 0 heterocycles. The number of hydrogen-bond donors (Lipinski definition) is 1. The highest BCUT2D eigenvalue weighted by atomic mass is 16.6. The number of aliphatic hydroxyl groups excluding tert-OH is 1. The molecule has 1 aliphatic carbocycles. The first kappa shape index (κ1) is 7.53. The average molecular weight is 153 g/mol. The number of hydrogen-bond acceptors (Lipinski definition) is 3. The van der Waals surface area contributed by atoms with Crippen LogP contribution in [-0.2, 0) is 0 Å². The predicted molar refractivity (Wildman–Crippen MR) is 39.5 cm³/mol. The quantitative estimate of drug-likeness (QED) is 0.459. The van der Waals surface area contributed by atoms with E-state index in [1.807, 2.05) is 0 Å². The molecule has 0 bridgehead atoms. The summed E-state index contributed by atoms with van der Waals surface area (Å²) in [5, 5.41) is 19.1. The standard InChI is InChI=1S/C7H7NO3/c9-7-3-1-2-6(4-5-7)8(10)11/h1-4,9H,5H2. The molecule has 1 aliphatic rings. The molecule has 4 nitrogen and oxygen atoms in total. The van der Waals surface area contributed by atoms with Crippen molar-refractivity contribution in [2.75, 3.05) is 0 Å². The van der Waals surface area contributed by atoms with Gasteiger partial charge in [0.2, 0.25) is 0 Å². The molecule has 1 rings (SSSR count). The van der Waals surface area contributed by atoms with Crippen molar-refractivity contribution in [3.8, 4) is 0 Å². The van der Waals surface area contributed by atoms with E-state index >= 15 is 0 Å². The zero-order valence-electron chi connectivity index (χ0n) is 5.73. The van der Waals surface area contributed by atoms with Crippen molar-refractivity contribution < 1.29 is 10.0 Å². The minimum Gasteiger partial charge on any atom is -0.512 e. The summed E-state index contributed by atoms with van der Waals surface area (Å²) < 4.78 is 0. The van der Waals surface area contributed by atoms with Crippen LogP contribution in [0.25, 0.3) is 0 Å². The second-order valence-electron chi connectivity index (χ2n) is 2.11. The summed E-state index contributed by atoms with van der Waals surface area (Å²) in [4.78, 5) is 9.71. The zero-order chi connectivity index (χ0) is 8.27. The van der Waals surface area contributed by atoms with Crippen LogP contribution in [0.2, 0.25) is 0 Å². The van der Waals surface area contributed by atoms with Gasteiger partial charge in [0.1, 0.15) is 0 Å². The molecular weight excluding hydrogens is 146 g/mol. The Hall–Kier alpha value is -1.58. The van der Waals surface area contributed by atoms with Gasteiger partial charge in [-0.15, -0.1) is 0 Å². The third-order valence-corrected chi connectivity index (χ3v) is 1.29. The second-order valence-corrected chi connectivity index (χ2v) is 2.11. The molecule has 0 unspecified atom stereocenters. The van der Waals surface area contributed by atoms with E-state index in [-0.39, 0.29) is 17.9 Å². The highest BCUT2D eigenvalue weighted by molar-refractivity contribution is 5.23. The van der Waals surface area contributed by atoms with Crippen LogP contribution in [0.15, 0.2) is 35.8 Å². The van der Waals surface area contributed by atoms with Gasteiger partial charge in [-0.05, 0) is 6.08 Å². The van der Waals surface area contributed by atoms with E-state index in [0.29, 0.717) is 0 Å². The van der Waals surface area contributed by atoms with Gasteiger partial charge in [-0.3, -0.25) is 10.1 Å². The lowest BCUT2D eigenvalue weighted by molar-refractivity contribution is -0.419. The van der Waals surface area contributed by atoms with Crippen molar-refractivity contribution in [1.29, 1.82) is 0 Å². The number of aliphatic hydroxyl groups is 1. The van der Waals surface area contributed by atoms with E-state index in [9.17, 15) is 10.1 Å². The molecule has 0 aromatic heterocycles. The highest BCUT2D eigenvalue weighted by Crippen LogP contribution is 2.09. The lowest BCUT2D eigenvalue weighted by atomic mass is 10.3. The SMILES string of the molecule is O=[N+]([O-])C1=CCC(O)=CC=C1. The van der Waals surface area contributed by atoms with Gasteiger partial charge in [-0.25, -0.2) is 0 Å². The summed E-state index contributed by atoms with van der Waals surface area (Å²) >= 11 is 0. The molecule has 58 valence electrons. The van der Waals surface area contributed by atoms with Crippen LogP contribution in [0.1, 0.15) is 6.42 Å². The molecule has 0 aromatic carbocycles. The van der Waals surface area contributed by atoms with E-state index < -0.39 is 4.92 Å². The van der Waals surface area contributed by atoms with Gasteiger partial charge in [-0.1, -0.05) is 6.08 Å². The summed E-state index contributed by atoms with van der Waals surface area (Å²) in [6.45, 7) is 0. The zero-order valence-corrected chi connectivity index (χ0v) is 5.73. The average Bonchev–Trinajstić information content (AvgIpc) is 2.13. The fourth-order valence-electron chi connectivity index (χ4n) is 0.738. The Labute approximate surface area is 63.3 Å². The van der Waals surface area contributed by atoms with E-state index in [0.717, 1.165) is 0 Å². The Morgan fingerprint density at radius 2 is 2.36 bits per heavy atom. The van der Waals surface area contributed by atoms with Gasteiger partial charge < -0.3 is 5.11 Å². The summed E-state index contributed by atoms with van der Waals surface area (Å²) in [6, 6.07) is 0. The van der Waals surface area contributed by atoms with Crippen LogP contribution < -0.4 is 0 Å². The number of allylic oxidation sites excluding steroid dienone is 4. The van der Waals surface area contributed by atoms with Crippen LogP contribution >= 0.6 is 0 Å². The summed E-state index contributed by atoms with van der Waals surface area (Å²) in [6.07, 6.45) is 5.84. The monoisotopic (exact) mass is 153 g/mol. The first-order chi connectivity index (χ1) is 5.20. The van der Waals surface area contributed by atoms with Gasteiger partial charge in [0, 0.05) is 18.6 Å². The predicted octanol–water partition coefficient (Wildman–Crippen LogP) is 1.55. The third-order valence-electron chi connectivity index (χ3n) is 1.29. The fourth-order valence-corrected chi connectivity index (χ4v) is 0.738. The number of rotatable bonds is 1. The summed E-state index contributed by atoms with van der Waals surface area (Å²) in [5.74, 6) is 0.137. The minimum absolute atomic E-state index is 0.0188. The van der Waals surface area contributed by atoms with Gasteiger partial charge in [0.15, 0.2) is 0 Å². The van der Waals surface area contributed by atoms with Crippen molar-refractivity contribution in [2.24, 2.45) is 0 Å². The molecule has 11 heavy (non-hydrogen) atoms. The van der Waals surface area contributed by atoms with E-state index in [1.54, 1.807) is 0 Å². The van der Waals surface area contributed by atoms with E-state index in [2.05, 4.69) is 0 Å². The van der Waals surface area contributed by atoms with Crippen molar-refractivity contribution in [3.63, 3.8) is 0 Å². The van der Waals surface area contributed by atoms with Crippen LogP contribution in [0, 0.1) is 10.1 Å². The van der Waals surface area contributed by atoms with Crippen molar-refractivity contribution in [1.82, 2.24) is 0 Å². The Balaban J connectivity index is 2.82. The molecular formula is C7H7NO3. The molecule has 4 heteroatoms. The molecule has 0 amide bonds. The normalized spacial score (nSPS) is 16.7. The lowest BCUT2D eigenvalue weighted by Gasteiger charge is -1.88. The number of nitro groups is 1. The maximum atomic E-state index is 10.2. The Morgan fingerprint density at radius 1 is 1.64 bits per heavy atom. The molecule has 0 saturated heterocycles. The molecule has 0 aliphatic heterocycles. The van der Waals surface area contributed by atoms with Gasteiger partial charge in [-0.2, -0.15) is 0 Å². The Morgan fingerprint density at radius 3 is 3.00 bits per heavy atom. The second kappa shape index (κ2) is 3.01. The highest BCUT2D eigenvalue weighted by Gasteiger charge is 2.06. The number of nitrogens with zero attached hydrogens (tertiary/aromatic N) is 1. The van der Waals surface area contributed by atoms with E-state index in [1.165, 1.54) is 24.3 Å². The van der Waals surface area contributed by atoms with Gasteiger partial charge in [0.25, 0.3) is 5.70 Å². The first-order valence-electron chi connectivity index (χ1n) is 3.11. The van der Waals surface area contributed by atoms with E-state index in [4.69, 9.17) is 5.11 Å². The maximum Gasteiger partial charge on any atom is 0.265 e. The van der Waals surface area contributed by atoms with Gasteiger partial charge >= 0.3 is 0 Å². The van der Waals surface area contributed by atoms with Crippen molar-refractivity contribution >= 4 is 0 Å². The van der Waals surface area contributed by atoms with Crippen molar-refractivity contribution in [3.05, 3.63) is 45.9 Å². The Bertz CT molecular complexity index is 263. The lowest BCUT2D eigenvalue weighted by Crippen LogP contribution is -1.94.